The lowest BCUT2D eigenvalue weighted by atomic mass is 9.74. The van der Waals surface area contributed by atoms with E-state index in [0.29, 0.717) is 0 Å². The van der Waals surface area contributed by atoms with Gasteiger partial charge in [-0.25, -0.2) is 4.68 Å². The van der Waals surface area contributed by atoms with Gasteiger partial charge in [0.05, 0.1) is 11.1 Å². The Kier molecular flexibility index (Phi) is 1.98. The van der Waals surface area contributed by atoms with Gasteiger partial charge in [0.2, 0.25) is 0 Å². The number of hydrogen-bond acceptors (Lipinski definition) is 2. The van der Waals surface area contributed by atoms with Crippen LogP contribution in [-0.4, -0.2) is 22.8 Å². The molecular formula is C18H12BN3. The molecule has 22 heavy (non-hydrogen) atoms. The lowest BCUT2D eigenvalue weighted by Crippen LogP contribution is -2.29. The van der Waals surface area contributed by atoms with Gasteiger partial charge in [0.15, 0.2) is 0 Å². The van der Waals surface area contributed by atoms with E-state index in [-0.39, 0.29) is 5.44 Å². The summed E-state index contributed by atoms with van der Waals surface area (Å²) in [7, 11) is 2.18. The fourth-order valence-corrected chi connectivity index (χ4v) is 3.55. The summed E-state index contributed by atoms with van der Waals surface area (Å²) in [6, 6.07) is 14.5. The third kappa shape index (κ3) is 1.25. The van der Waals surface area contributed by atoms with Crippen LogP contribution in [0.15, 0.2) is 42.5 Å². The van der Waals surface area contributed by atoms with E-state index in [1.54, 1.807) is 0 Å². The maximum atomic E-state index is 4.48. The normalized spacial score (nSPS) is 19.5. The van der Waals surface area contributed by atoms with Gasteiger partial charge in [0.1, 0.15) is 13.5 Å². The summed E-state index contributed by atoms with van der Waals surface area (Å²) in [4.78, 5) is 0. The SMILES string of the molecule is B[C@@]1(C)c2cccc3c2-c2c(nnn21)-c1ccccc1C#C3. The molecule has 0 saturated carbocycles. The molecule has 0 unspecified atom stereocenters. The molecule has 102 valence electrons. The van der Waals surface area contributed by atoms with Gasteiger partial charge < -0.3 is 0 Å². The Balaban J connectivity index is 2.02. The van der Waals surface area contributed by atoms with Crippen LogP contribution in [0.25, 0.3) is 22.5 Å². The van der Waals surface area contributed by atoms with Crippen molar-refractivity contribution in [3.63, 3.8) is 0 Å². The maximum absolute atomic E-state index is 4.48. The standard InChI is InChI=1S/C18H12BN3/c1-18(19)14-8-4-6-12-10-9-11-5-2-3-7-13(11)16-17(15(12)14)22(18)21-20-16/h2-8H,19H2,1H3/t18-/m1/s1. The molecule has 3 aromatic rings. The Morgan fingerprint density at radius 2 is 1.82 bits per heavy atom. The van der Waals surface area contributed by atoms with E-state index in [1.807, 2.05) is 22.9 Å². The first-order chi connectivity index (χ1) is 10.7. The molecule has 2 heterocycles. The van der Waals surface area contributed by atoms with Crippen LogP contribution in [0.2, 0.25) is 0 Å². The summed E-state index contributed by atoms with van der Waals surface area (Å²) < 4.78 is 2.04. The predicted octanol–water partition coefficient (Wildman–Crippen LogP) is 1.99. The number of aromatic nitrogens is 3. The van der Waals surface area contributed by atoms with Crippen LogP contribution in [0, 0.1) is 11.8 Å². The lowest BCUT2D eigenvalue weighted by Gasteiger charge is -2.20. The third-order valence-corrected chi connectivity index (χ3v) is 4.67. The van der Waals surface area contributed by atoms with Crippen LogP contribution in [-0.2, 0) is 5.44 Å². The van der Waals surface area contributed by atoms with Gasteiger partial charge in [0, 0.05) is 22.3 Å². The molecule has 3 nitrogen and oxygen atoms in total. The predicted molar refractivity (Wildman–Crippen MR) is 88.2 cm³/mol. The molecule has 0 bridgehead atoms. The second-order valence-corrected chi connectivity index (χ2v) is 6.28. The van der Waals surface area contributed by atoms with E-state index >= 15 is 0 Å². The molecule has 0 saturated heterocycles. The summed E-state index contributed by atoms with van der Waals surface area (Å²) in [5.74, 6) is 6.65. The minimum absolute atomic E-state index is 0.201. The van der Waals surface area contributed by atoms with Crippen molar-refractivity contribution in [3.05, 3.63) is 59.2 Å². The van der Waals surface area contributed by atoms with E-state index in [0.717, 1.165) is 28.1 Å². The number of hydrogen-bond donors (Lipinski definition) is 0. The molecule has 0 N–H and O–H groups in total. The number of rotatable bonds is 0. The highest BCUT2D eigenvalue weighted by Crippen LogP contribution is 2.47. The molecule has 1 atom stereocenters. The van der Waals surface area contributed by atoms with Crippen molar-refractivity contribution in [3.8, 4) is 34.4 Å². The van der Waals surface area contributed by atoms with E-state index in [4.69, 9.17) is 0 Å². The maximum Gasteiger partial charge on any atom is 0.143 e. The third-order valence-electron chi connectivity index (χ3n) is 4.67. The van der Waals surface area contributed by atoms with E-state index < -0.39 is 0 Å². The zero-order chi connectivity index (χ0) is 14.9. The Bertz CT molecular complexity index is 1020. The monoisotopic (exact) mass is 281 g/mol. The number of fused-ring (bicyclic) bond motifs is 2. The lowest BCUT2D eigenvalue weighted by molar-refractivity contribution is 0.507. The van der Waals surface area contributed by atoms with Crippen LogP contribution in [0.4, 0.5) is 0 Å². The molecule has 2 aliphatic rings. The molecule has 2 aromatic carbocycles. The van der Waals surface area contributed by atoms with Gasteiger partial charge in [-0.15, -0.1) is 5.10 Å². The minimum atomic E-state index is -0.201. The second-order valence-electron chi connectivity index (χ2n) is 6.28. The Morgan fingerprint density at radius 1 is 1.05 bits per heavy atom. The van der Waals surface area contributed by atoms with Gasteiger partial charge in [-0.1, -0.05) is 47.4 Å². The summed E-state index contributed by atoms with van der Waals surface area (Å²) in [5, 5.41) is 8.95. The first-order valence-electron chi connectivity index (χ1n) is 7.39. The molecule has 0 fully saturated rings. The van der Waals surface area contributed by atoms with Gasteiger partial charge in [-0.3, -0.25) is 0 Å². The zero-order valence-corrected chi connectivity index (χ0v) is 12.4. The van der Waals surface area contributed by atoms with Crippen molar-refractivity contribution in [2.24, 2.45) is 0 Å². The van der Waals surface area contributed by atoms with Gasteiger partial charge in [0.25, 0.3) is 0 Å². The molecule has 4 heteroatoms. The van der Waals surface area contributed by atoms with Crippen molar-refractivity contribution < 1.29 is 0 Å². The fraction of sp³-hybridized carbons (Fsp3) is 0.111. The van der Waals surface area contributed by atoms with Crippen molar-refractivity contribution in [2.75, 3.05) is 0 Å². The van der Waals surface area contributed by atoms with Crippen LogP contribution >= 0.6 is 0 Å². The first-order valence-corrected chi connectivity index (χ1v) is 7.39. The molecule has 0 radical (unpaired) electrons. The number of nitrogens with zero attached hydrogens (tertiary/aromatic N) is 3. The van der Waals surface area contributed by atoms with Crippen molar-refractivity contribution >= 4 is 7.85 Å². The van der Waals surface area contributed by atoms with Gasteiger partial charge >= 0.3 is 0 Å². The van der Waals surface area contributed by atoms with E-state index in [2.05, 4.69) is 61.2 Å². The fourth-order valence-electron chi connectivity index (χ4n) is 3.55. The summed E-state index contributed by atoms with van der Waals surface area (Å²) in [6.07, 6.45) is 0. The highest BCUT2D eigenvalue weighted by atomic mass is 15.5. The van der Waals surface area contributed by atoms with Gasteiger partial charge in [-0.2, -0.15) is 0 Å². The van der Waals surface area contributed by atoms with Crippen molar-refractivity contribution in [1.29, 1.82) is 0 Å². The molecule has 1 aliphatic heterocycles. The highest BCUT2D eigenvalue weighted by Gasteiger charge is 2.40. The molecule has 0 spiro atoms. The summed E-state index contributed by atoms with van der Waals surface area (Å²) >= 11 is 0. The Hall–Kier alpha value is -2.80. The largest absolute Gasteiger partial charge is 0.242 e. The molecular weight excluding hydrogens is 269 g/mol. The highest BCUT2D eigenvalue weighted by molar-refractivity contribution is 6.18. The van der Waals surface area contributed by atoms with E-state index in [9.17, 15) is 0 Å². The molecule has 1 aromatic heterocycles. The average molecular weight is 281 g/mol. The molecule has 0 amide bonds. The number of benzene rings is 2. The Labute approximate surface area is 129 Å². The first kappa shape index (κ1) is 11.8. The Morgan fingerprint density at radius 3 is 2.73 bits per heavy atom. The zero-order valence-electron chi connectivity index (χ0n) is 12.4. The summed E-state index contributed by atoms with van der Waals surface area (Å²) in [6.45, 7) is 2.18. The van der Waals surface area contributed by atoms with Crippen LogP contribution in [0.3, 0.4) is 0 Å². The quantitative estimate of drug-likeness (QED) is 0.364. The average Bonchev–Trinajstić information content (AvgIpc) is 3.03. The second kappa shape index (κ2) is 3.69. The smallest absolute Gasteiger partial charge is 0.143 e. The summed E-state index contributed by atoms with van der Waals surface area (Å²) in [5.41, 5.74) is 7.41. The van der Waals surface area contributed by atoms with Crippen molar-refractivity contribution in [1.82, 2.24) is 15.0 Å². The van der Waals surface area contributed by atoms with Crippen LogP contribution in [0.5, 0.6) is 0 Å². The van der Waals surface area contributed by atoms with Crippen LogP contribution in [0.1, 0.15) is 23.6 Å². The van der Waals surface area contributed by atoms with Crippen molar-refractivity contribution in [2.45, 2.75) is 12.4 Å². The molecule has 1 aliphatic carbocycles. The van der Waals surface area contributed by atoms with Crippen LogP contribution < -0.4 is 0 Å². The minimum Gasteiger partial charge on any atom is -0.242 e. The molecule has 5 rings (SSSR count). The van der Waals surface area contributed by atoms with Gasteiger partial charge in [-0.05, 0) is 24.6 Å². The van der Waals surface area contributed by atoms with E-state index in [1.165, 1.54) is 11.1 Å². The topological polar surface area (TPSA) is 30.7 Å².